The van der Waals surface area contributed by atoms with Crippen molar-refractivity contribution in [3.8, 4) is 0 Å². The first-order valence-corrected chi connectivity index (χ1v) is 8.81. The van der Waals surface area contributed by atoms with Crippen LogP contribution in [-0.2, 0) is 29.0 Å². The van der Waals surface area contributed by atoms with Crippen LogP contribution in [0, 0.1) is 0 Å². The van der Waals surface area contributed by atoms with Crippen molar-refractivity contribution in [1.82, 2.24) is 29.4 Å². The number of carbonyl (C=O) groups excluding carboxylic acids is 1. The molecule has 0 spiro atoms. The number of nitrogens with one attached hydrogen (secondary N) is 1. The number of rotatable bonds is 5. The molecule has 134 valence electrons. The summed E-state index contributed by atoms with van der Waals surface area (Å²) >= 11 is 0. The first-order valence-electron chi connectivity index (χ1n) is 8.81. The Morgan fingerprint density at radius 3 is 2.96 bits per heavy atom. The molecule has 0 bridgehead atoms. The highest BCUT2D eigenvalue weighted by atomic mass is 16.5. The molecule has 4 heterocycles. The quantitative estimate of drug-likeness (QED) is 0.828. The summed E-state index contributed by atoms with van der Waals surface area (Å²) in [7, 11) is 0. The van der Waals surface area contributed by atoms with Gasteiger partial charge in [0.25, 0.3) is 0 Å². The summed E-state index contributed by atoms with van der Waals surface area (Å²) in [5, 5.41) is 15.8. The van der Waals surface area contributed by atoms with Crippen LogP contribution in [0.3, 0.4) is 0 Å². The number of aromatic nitrogens is 5. The van der Waals surface area contributed by atoms with E-state index < -0.39 is 0 Å². The normalized spacial score (nSPS) is 18.1. The number of hydrogen-bond acceptors (Lipinski definition) is 6. The maximum absolute atomic E-state index is 12.1. The van der Waals surface area contributed by atoms with Gasteiger partial charge < -0.3 is 14.6 Å². The van der Waals surface area contributed by atoms with Crippen LogP contribution in [0.5, 0.6) is 0 Å². The Hall–Kier alpha value is -2.26. The molecule has 2 aliphatic rings. The van der Waals surface area contributed by atoms with E-state index in [1.165, 1.54) is 12.8 Å². The molecule has 1 fully saturated rings. The van der Waals surface area contributed by atoms with Gasteiger partial charge in [-0.25, -0.2) is 0 Å². The third-order valence-electron chi connectivity index (χ3n) is 4.63. The molecule has 2 aromatic heterocycles. The average Bonchev–Trinajstić information content (AvgIpc) is 3.23. The maximum Gasteiger partial charge on any atom is 0.238 e. The summed E-state index contributed by atoms with van der Waals surface area (Å²) < 4.78 is 9.26. The lowest BCUT2D eigenvalue weighted by Crippen LogP contribution is -2.41. The van der Waals surface area contributed by atoms with Crippen molar-refractivity contribution in [3.05, 3.63) is 24.0 Å². The van der Waals surface area contributed by atoms with Gasteiger partial charge in [0.2, 0.25) is 5.91 Å². The molecule has 1 amide bonds. The van der Waals surface area contributed by atoms with Crippen molar-refractivity contribution < 1.29 is 9.53 Å². The van der Waals surface area contributed by atoms with E-state index in [1.807, 2.05) is 6.20 Å². The Labute approximate surface area is 146 Å². The Morgan fingerprint density at radius 1 is 1.20 bits per heavy atom. The monoisotopic (exact) mass is 345 g/mol. The molecule has 9 nitrogen and oxygen atoms in total. The minimum Gasteiger partial charge on any atom is -0.379 e. The molecule has 0 aromatic carbocycles. The van der Waals surface area contributed by atoms with Gasteiger partial charge in [-0.1, -0.05) is 0 Å². The number of aryl methyl sites for hydroxylation is 1. The van der Waals surface area contributed by atoms with Crippen molar-refractivity contribution in [2.24, 2.45) is 0 Å². The lowest BCUT2D eigenvalue weighted by atomic mass is 10.2. The van der Waals surface area contributed by atoms with Crippen LogP contribution in [0.1, 0.15) is 24.5 Å². The third-order valence-corrected chi connectivity index (χ3v) is 4.63. The highest BCUT2D eigenvalue weighted by molar-refractivity contribution is 5.91. The summed E-state index contributed by atoms with van der Waals surface area (Å²) in [6, 6.07) is 0. The molecule has 0 aliphatic carbocycles. The van der Waals surface area contributed by atoms with Crippen molar-refractivity contribution in [3.63, 3.8) is 0 Å². The lowest BCUT2D eigenvalue weighted by molar-refractivity contribution is -0.118. The molecule has 1 saturated heterocycles. The van der Waals surface area contributed by atoms with E-state index in [4.69, 9.17) is 4.74 Å². The van der Waals surface area contributed by atoms with Gasteiger partial charge in [-0.3, -0.25) is 14.4 Å². The number of fused-ring (bicyclic) bond motifs is 1. The van der Waals surface area contributed by atoms with Gasteiger partial charge in [0.05, 0.1) is 31.6 Å². The summed E-state index contributed by atoms with van der Waals surface area (Å²) in [5.74, 6) is 1.96. The number of morpholine rings is 1. The summed E-state index contributed by atoms with van der Waals surface area (Å²) in [5.41, 5.74) is 0.705. The van der Waals surface area contributed by atoms with Gasteiger partial charge in [-0.05, 0) is 12.8 Å². The molecule has 1 N–H and O–H groups in total. The fraction of sp³-hybridized carbons (Fsp3) is 0.625. The average molecular weight is 345 g/mol. The SMILES string of the molecule is O=C(CN1CCOCC1)Nc1cnn(Cc2nnc3n2CCCC3)c1. The fourth-order valence-electron chi connectivity index (χ4n) is 3.31. The van der Waals surface area contributed by atoms with Gasteiger partial charge in [-0.15, -0.1) is 10.2 Å². The summed E-state index contributed by atoms with van der Waals surface area (Å²) in [4.78, 5) is 14.2. The lowest BCUT2D eigenvalue weighted by Gasteiger charge is -2.25. The first kappa shape index (κ1) is 16.2. The Kier molecular flexibility index (Phi) is 4.75. The van der Waals surface area contributed by atoms with Crippen molar-refractivity contribution in [1.29, 1.82) is 0 Å². The molecule has 4 rings (SSSR count). The molecule has 0 saturated carbocycles. The van der Waals surface area contributed by atoms with Gasteiger partial charge in [0, 0.05) is 32.3 Å². The van der Waals surface area contributed by atoms with E-state index in [9.17, 15) is 4.79 Å². The highest BCUT2D eigenvalue weighted by Gasteiger charge is 2.17. The summed E-state index contributed by atoms with van der Waals surface area (Å²) in [6.07, 6.45) is 6.85. The second-order valence-corrected chi connectivity index (χ2v) is 6.50. The second-order valence-electron chi connectivity index (χ2n) is 6.50. The van der Waals surface area contributed by atoms with Gasteiger partial charge in [-0.2, -0.15) is 5.10 Å². The van der Waals surface area contributed by atoms with E-state index in [1.54, 1.807) is 10.9 Å². The van der Waals surface area contributed by atoms with Crippen LogP contribution >= 0.6 is 0 Å². The Morgan fingerprint density at radius 2 is 2.08 bits per heavy atom. The van der Waals surface area contributed by atoms with Crippen LogP contribution in [0.15, 0.2) is 12.4 Å². The van der Waals surface area contributed by atoms with Gasteiger partial charge >= 0.3 is 0 Å². The number of ether oxygens (including phenoxy) is 1. The highest BCUT2D eigenvalue weighted by Crippen LogP contribution is 2.15. The molecular formula is C16H23N7O2. The number of anilines is 1. The number of nitrogens with zero attached hydrogens (tertiary/aromatic N) is 6. The maximum atomic E-state index is 12.1. The topological polar surface area (TPSA) is 90.1 Å². The molecule has 25 heavy (non-hydrogen) atoms. The van der Waals surface area contributed by atoms with E-state index >= 15 is 0 Å². The minimum absolute atomic E-state index is 0.0266. The van der Waals surface area contributed by atoms with E-state index in [0.29, 0.717) is 32.0 Å². The smallest absolute Gasteiger partial charge is 0.238 e. The van der Waals surface area contributed by atoms with Crippen molar-refractivity contribution in [2.45, 2.75) is 32.4 Å². The van der Waals surface area contributed by atoms with E-state index in [0.717, 1.165) is 37.7 Å². The molecule has 0 atom stereocenters. The predicted octanol–water partition coefficient (Wildman–Crippen LogP) is 0.130. The summed E-state index contributed by atoms with van der Waals surface area (Å²) in [6.45, 7) is 4.89. The standard InChI is InChI=1S/C16H23N7O2/c24-16(12-21-5-7-25-8-6-21)18-13-9-17-22(10-13)11-15-20-19-14-3-1-2-4-23(14)15/h9-10H,1-8,11-12H2,(H,18,24). The Bertz CT molecular complexity index is 733. The fourth-order valence-corrected chi connectivity index (χ4v) is 3.31. The third kappa shape index (κ3) is 3.88. The van der Waals surface area contributed by atoms with Crippen molar-refractivity contribution in [2.75, 3.05) is 38.2 Å². The predicted molar refractivity (Wildman–Crippen MR) is 90.2 cm³/mol. The van der Waals surface area contributed by atoms with Crippen molar-refractivity contribution >= 4 is 11.6 Å². The first-order chi connectivity index (χ1) is 12.3. The number of carbonyl (C=O) groups is 1. The number of hydrogen-bond donors (Lipinski definition) is 1. The molecular weight excluding hydrogens is 322 g/mol. The van der Waals surface area contributed by atoms with Crippen LogP contribution in [0.4, 0.5) is 5.69 Å². The van der Waals surface area contributed by atoms with Crippen LogP contribution in [0.2, 0.25) is 0 Å². The zero-order chi connectivity index (χ0) is 17.1. The van der Waals surface area contributed by atoms with Crippen LogP contribution in [-0.4, -0.2) is 68.2 Å². The molecule has 0 unspecified atom stereocenters. The molecule has 2 aliphatic heterocycles. The largest absolute Gasteiger partial charge is 0.379 e. The molecule has 2 aromatic rings. The second kappa shape index (κ2) is 7.32. The van der Waals surface area contributed by atoms with Crippen LogP contribution in [0.25, 0.3) is 0 Å². The van der Waals surface area contributed by atoms with Gasteiger partial charge in [0.15, 0.2) is 5.82 Å². The zero-order valence-electron chi connectivity index (χ0n) is 14.2. The molecule has 9 heteroatoms. The van der Waals surface area contributed by atoms with E-state index in [2.05, 4.69) is 30.1 Å². The van der Waals surface area contributed by atoms with Crippen LogP contribution < -0.4 is 5.32 Å². The number of amides is 1. The minimum atomic E-state index is -0.0266. The van der Waals surface area contributed by atoms with Gasteiger partial charge in [0.1, 0.15) is 12.4 Å². The zero-order valence-corrected chi connectivity index (χ0v) is 14.2. The molecule has 0 radical (unpaired) electrons. The van der Waals surface area contributed by atoms with E-state index in [-0.39, 0.29) is 5.91 Å². The Balaban J connectivity index is 1.34.